The van der Waals surface area contributed by atoms with Crippen molar-refractivity contribution in [2.75, 3.05) is 23.8 Å². The predicted octanol–water partition coefficient (Wildman–Crippen LogP) is 4.02. The Balaban J connectivity index is 1.76. The first-order valence-electron chi connectivity index (χ1n) is 8.73. The Morgan fingerprint density at radius 3 is 2.33 bits per heavy atom. The molecule has 0 aliphatic carbocycles. The minimum atomic E-state index is -0.310. The van der Waals surface area contributed by atoms with Crippen LogP contribution in [0.5, 0.6) is 5.75 Å². The Labute approximate surface area is 159 Å². The molecule has 0 radical (unpaired) electrons. The highest BCUT2D eigenvalue weighted by Crippen LogP contribution is 2.19. The second-order valence-electron chi connectivity index (χ2n) is 6.12. The third-order valence-electron chi connectivity index (χ3n) is 3.75. The van der Waals surface area contributed by atoms with E-state index in [0.29, 0.717) is 24.5 Å². The van der Waals surface area contributed by atoms with Crippen molar-refractivity contribution in [3.05, 3.63) is 66.2 Å². The molecule has 0 atom stereocenters. The number of benzene rings is 2. The lowest BCUT2D eigenvalue weighted by molar-refractivity contribution is -0.116. The highest BCUT2D eigenvalue weighted by molar-refractivity contribution is 5.92. The molecule has 6 heteroatoms. The summed E-state index contributed by atoms with van der Waals surface area (Å²) in [5.74, 6) is 0.655. The minimum Gasteiger partial charge on any atom is -0.493 e. The quantitative estimate of drug-likeness (QED) is 0.617. The van der Waals surface area contributed by atoms with Gasteiger partial charge in [-0.05, 0) is 49.7 Å². The molecule has 2 rings (SSSR count). The average molecular weight is 367 g/mol. The maximum Gasteiger partial charge on any atom is 0.319 e. The maximum absolute atomic E-state index is 12.0. The summed E-state index contributed by atoms with van der Waals surface area (Å²) in [6, 6.07) is 12.5. The van der Waals surface area contributed by atoms with Crippen molar-refractivity contribution in [3.8, 4) is 5.75 Å². The van der Waals surface area contributed by atoms with Crippen LogP contribution in [-0.4, -0.2) is 25.1 Å². The summed E-state index contributed by atoms with van der Waals surface area (Å²) in [5.41, 5.74) is 3.51. The molecule has 0 fully saturated rings. The van der Waals surface area contributed by atoms with E-state index in [2.05, 4.69) is 22.5 Å². The van der Waals surface area contributed by atoms with Gasteiger partial charge in [0.2, 0.25) is 5.91 Å². The van der Waals surface area contributed by atoms with Gasteiger partial charge in [-0.25, -0.2) is 4.79 Å². The Bertz CT molecular complexity index is 801. The van der Waals surface area contributed by atoms with Gasteiger partial charge in [0, 0.05) is 17.9 Å². The Morgan fingerprint density at radius 2 is 1.70 bits per heavy atom. The number of nitrogens with one attached hydrogen (secondary N) is 3. The first kappa shape index (κ1) is 20.0. The number of carbonyl (C=O) groups excluding carboxylic acids is 2. The van der Waals surface area contributed by atoms with Crippen molar-refractivity contribution in [3.63, 3.8) is 0 Å². The van der Waals surface area contributed by atoms with Gasteiger partial charge in [-0.15, -0.1) is 6.58 Å². The Kier molecular flexibility index (Phi) is 7.43. The van der Waals surface area contributed by atoms with Crippen molar-refractivity contribution in [1.82, 2.24) is 5.32 Å². The van der Waals surface area contributed by atoms with Crippen molar-refractivity contribution >= 4 is 23.3 Å². The van der Waals surface area contributed by atoms with Gasteiger partial charge >= 0.3 is 6.03 Å². The van der Waals surface area contributed by atoms with Crippen LogP contribution in [0, 0.1) is 13.8 Å². The van der Waals surface area contributed by atoms with Gasteiger partial charge in [0.1, 0.15) is 5.75 Å². The third kappa shape index (κ3) is 6.86. The number of hydrogen-bond acceptors (Lipinski definition) is 3. The number of amides is 3. The zero-order chi connectivity index (χ0) is 19.6. The molecular formula is C21H25N3O3. The van der Waals surface area contributed by atoms with Gasteiger partial charge in [0.15, 0.2) is 0 Å². The molecule has 0 saturated heterocycles. The molecule has 0 heterocycles. The second kappa shape index (κ2) is 10.0. The largest absolute Gasteiger partial charge is 0.493 e. The highest BCUT2D eigenvalue weighted by atomic mass is 16.5. The van der Waals surface area contributed by atoms with E-state index in [4.69, 9.17) is 4.74 Å². The molecule has 27 heavy (non-hydrogen) atoms. The molecule has 0 aromatic heterocycles. The topological polar surface area (TPSA) is 79.5 Å². The van der Waals surface area contributed by atoms with Gasteiger partial charge in [-0.3, -0.25) is 4.79 Å². The zero-order valence-electron chi connectivity index (χ0n) is 15.7. The van der Waals surface area contributed by atoms with E-state index in [0.717, 1.165) is 11.3 Å². The fraction of sp³-hybridized carbons (Fsp3) is 0.238. The molecule has 0 saturated carbocycles. The first-order valence-corrected chi connectivity index (χ1v) is 8.73. The number of urea groups is 1. The number of ether oxygens (including phenoxy) is 1. The van der Waals surface area contributed by atoms with Crippen LogP contribution in [0.1, 0.15) is 17.5 Å². The molecule has 0 spiro atoms. The van der Waals surface area contributed by atoms with Gasteiger partial charge in [-0.2, -0.15) is 0 Å². The van der Waals surface area contributed by atoms with Crippen LogP contribution < -0.4 is 20.7 Å². The normalized spacial score (nSPS) is 10.0. The van der Waals surface area contributed by atoms with Crippen molar-refractivity contribution in [1.29, 1.82) is 0 Å². The molecule has 3 N–H and O–H groups in total. The summed E-state index contributed by atoms with van der Waals surface area (Å²) in [4.78, 5) is 23.6. The molecule has 6 nitrogen and oxygen atoms in total. The maximum atomic E-state index is 12.0. The van der Waals surface area contributed by atoms with Crippen LogP contribution in [0.25, 0.3) is 0 Å². The van der Waals surface area contributed by atoms with Crippen molar-refractivity contribution in [2.45, 2.75) is 20.3 Å². The Morgan fingerprint density at radius 1 is 1.04 bits per heavy atom. The van der Waals surface area contributed by atoms with Crippen molar-refractivity contribution < 1.29 is 14.3 Å². The minimum absolute atomic E-state index is 0.135. The molecule has 0 aliphatic rings. The summed E-state index contributed by atoms with van der Waals surface area (Å²) in [6.07, 6.45) is 1.85. The van der Waals surface area contributed by atoms with E-state index in [9.17, 15) is 9.59 Å². The zero-order valence-corrected chi connectivity index (χ0v) is 15.7. The SMILES string of the molecule is C=CCNC(=O)Nc1ccc(NC(=O)CCOc2ccc(C)cc2C)cc1. The lowest BCUT2D eigenvalue weighted by Gasteiger charge is -2.10. The summed E-state index contributed by atoms with van der Waals surface area (Å²) in [6.45, 7) is 8.24. The summed E-state index contributed by atoms with van der Waals surface area (Å²) >= 11 is 0. The van der Waals surface area contributed by atoms with Crippen LogP contribution in [0.15, 0.2) is 55.1 Å². The number of carbonyl (C=O) groups is 2. The Hall–Kier alpha value is -3.28. The predicted molar refractivity (Wildman–Crippen MR) is 108 cm³/mol. The lowest BCUT2D eigenvalue weighted by atomic mass is 10.1. The van der Waals surface area contributed by atoms with Gasteiger partial charge in [-0.1, -0.05) is 23.8 Å². The van der Waals surface area contributed by atoms with E-state index in [1.165, 1.54) is 5.56 Å². The van der Waals surface area contributed by atoms with E-state index in [1.54, 1.807) is 30.3 Å². The van der Waals surface area contributed by atoms with Crippen LogP contribution >= 0.6 is 0 Å². The summed E-state index contributed by atoms with van der Waals surface area (Å²) in [5, 5.41) is 8.11. The summed E-state index contributed by atoms with van der Waals surface area (Å²) < 4.78 is 5.67. The average Bonchev–Trinajstić information content (AvgIpc) is 2.63. The monoisotopic (exact) mass is 367 g/mol. The van der Waals surface area contributed by atoms with Crippen LogP contribution in [-0.2, 0) is 4.79 Å². The fourth-order valence-corrected chi connectivity index (χ4v) is 2.42. The molecule has 2 aromatic rings. The lowest BCUT2D eigenvalue weighted by Crippen LogP contribution is -2.28. The van der Waals surface area contributed by atoms with Crippen molar-refractivity contribution in [2.24, 2.45) is 0 Å². The number of rotatable bonds is 8. The van der Waals surface area contributed by atoms with Crippen LogP contribution in [0.2, 0.25) is 0 Å². The third-order valence-corrected chi connectivity index (χ3v) is 3.75. The second-order valence-corrected chi connectivity index (χ2v) is 6.12. The van der Waals surface area contributed by atoms with E-state index < -0.39 is 0 Å². The smallest absolute Gasteiger partial charge is 0.319 e. The molecule has 0 aliphatic heterocycles. The first-order chi connectivity index (χ1) is 13.0. The number of anilines is 2. The number of hydrogen-bond donors (Lipinski definition) is 3. The molecule has 3 amide bonds. The van der Waals surface area contributed by atoms with Gasteiger partial charge in [0.25, 0.3) is 0 Å². The van der Waals surface area contributed by atoms with Crippen LogP contribution in [0.4, 0.5) is 16.2 Å². The molecule has 2 aromatic carbocycles. The molecule has 142 valence electrons. The van der Waals surface area contributed by atoms with Gasteiger partial charge < -0.3 is 20.7 Å². The van der Waals surface area contributed by atoms with Crippen LogP contribution in [0.3, 0.4) is 0 Å². The van der Waals surface area contributed by atoms with E-state index in [-0.39, 0.29) is 18.4 Å². The van der Waals surface area contributed by atoms with Gasteiger partial charge in [0.05, 0.1) is 13.0 Å². The highest BCUT2D eigenvalue weighted by Gasteiger charge is 2.06. The standard InChI is InChI=1S/C21H25N3O3/c1-4-12-22-21(26)24-18-8-6-17(7-9-18)23-20(25)11-13-27-19-10-5-15(2)14-16(19)3/h4-10,14H,1,11-13H2,2-3H3,(H,23,25)(H2,22,24,26). The molecule has 0 bridgehead atoms. The molecule has 0 unspecified atom stereocenters. The van der Waals surface area contributed by atoms with E-state index in [1.807, 2.05) is 32.0 Å². The fourth-order valence-electron chi connectivity index (χ4n) is 2.42. The summed E-state index contributed by atoms with van der Waals surface area (Å²) in [7, 11) is 0. The molecular weight excluding hydrogens is 342 g/mol. The van der Waals surface area contributed by atoms with E-state index >= 15 is 0 Å². The number of aryl methyl sites for hydroxylation is 2.